The molecule has 0 radical (unpaired) electrons. The van der Waals surface area contributed by atoms with Crippen LogP contribution < -0.4 is 0 Å². The Morgan fingerprint density at radius 1 is 1.83 bits per heavy atom. The van der Waals surface area contributed by atoms with Crippen LogP contribution in [-0.2, 0) is 11.5 Å². The second-order valence-electron chi connectivity index (χ2n) is 2.11. The number of alkyl halides is 1. The summed E-state index contributed by atoms with van der Waals surface area (Å²) in [6.45, 7) is 1.27. The monoisotopic (exact) mass is 172 g/mol. The van der Waals surface area contributed by atoms with E-state index in [9.17, 15) is 9.18 Å². The number of hydrogen-bond acceptors (Lipinski definition) is 3. The minimum absolute atomic E-state index is 0.273. The first-order valence-corrected chi connectivity index (χ1v) is 3.53. The van der Waals surface area contributed by atoms with Crippen LogP contribution in [0, 0.1) is 0 Å². The van der Waals surface area contributed by atoms with Gasteiger partial charge in [-0.25, -0.2) is 13.9 Å². The third kappa shape index (κ3) is 1.81. The van der Waals surface area contributed by atoms with E-state index in [1.807, 2.05) is 0 Å². The van der Waals surface area contributed by atoms with Gasteiger partial charge in [-0.2, -0.15) is 5.10 Å². The van der Waals surface area contributed by atoms with Gasteiger partial charge in [-0.15, -0.1) is 0 Å². The number of ether oxygens (including phenoxy) is 1. The summed E-state index contributed by atoms with van der Waals surface area (Å²) in [6.07, 6.45) is 2.58. The van der Waals surface area contributed by atoms with Gasteiger partial charge in [0.25, 0.3) is 0 Å². The lowest BCUT2D eigenvalue weighted by Crippen LogP contribution is -2.03. The number of rotatable bonds is 3. The van der Waals surface area contributed by atoms with E-state index in [2.05, 4.69) is 9.84 Å². The Morgan fingerprint density at radius 2 is 2.58 bits per heavy atom. The summed E-state index contributed by atoms with van der Waals surface area (Å²) in [7, 11) is 0. The molecular formula is C7H9FN2O2. The zero-order chi connectivity index (χ0) is 8.97. The first-order valence-electron chi connectivity index (χ1n) is 3.53. The van der Waals surface area contributed by atoms with E-state index in [0.717, 1.165) is 4.68 Å². The summed E-state index contributed by atoms with van der Waals surface area (Å²) in [5.41, 5.74) is 0.273. The van der Waals surface area contributed by atoms with Gasteiger partial charge in [0, 0.05) is 6.20 Å². The van der Waals surface area contributed by atoms with E-state index in [0.29, 0.717) is 6.61 Å². The summed E-state index contributed by atoms with van der Waals surface area (Å²) in [6, 6.07) is 0. The lowest BCUT2D eigenvalue weighted by molar-refractivity contribution is 0.0526. The lowest BCUT2D eigenvalue weighted by atomic mass is 10.4. The van der Waals surface area contributed by atoms with Crippen molar-refractivity contribution in [2.75, 3.05) is 6.61 Å². The quantitative estimate of drug-likeness (QED) is 0.638. The van der Waals surface area contributed by atoms with Crippen molar-refractivity contribution in [3.05, 3.63) is 18.0 Å². The third-order valence-corrected chi connectivity index (χ3v) is 1.27. The number of hydrogen-bond donors (Lipinski definition) is 0. The Kier molecular flexibility index (Phi) is 2.79. The molecule has 1 rings (SSSR count). The van der Waals surface area contributed by atoms with Crippen LogP contribution in [0.25, 0.3) is 0 Å². The normalized spacial score (nSPS) is 9.83. The Labute approximate surface area is 68.9 Å². The van der Waals surface area contributed by atoms with Gasteiger partial charge in [0.05, 0.1) is 18.4 Å². The SMILES string of the molecule is CCOC(=O)c1cnn(CF)c1. The van der Waals surface area contributed by atoms with Crippen LogP contribution in [0.5, 0.6) is 0 Å². The molecule has 0 fully saturated rings. The maximum Gasteiger partial charge on any atom is 0.341 e. The molecule has 66 valence electrons. The molecule has 0 saturated heterocycles. The molecule has 0 spiro atoms. The number of halogens is 1. The third-order valence-electron chi connectivity index (χ3n) is 1.27. The van der Waals surface area contributed by atoms with Gasteiger partial charge >= 0.3 is 5.97 Å². The fourth-order valence-electron chi connectivity index (χ4n) is 0.749. The van der Waals surface area contributed by atoms with Crippen molar-refractivity contribution >= 4 is 5.97 Å². The fraction of sp³-hybridized carbons (Fsp3) is 0.429. The smallest absolute Gasteiger partial charge is 0.341 e. The summed E-state index contributed by atoms with van der Waals surface area (Å²) in [4.78, 5) is 11.0. The molecule has 1 aromatic rings. The molecule has 0 aliphatic rings. The molecule has 0 amide bonds. The minimum Gasteiger partial charge on any atom is -0.462 e. The van der Waals surface area contributed by atoms with Crippen molar-refractivity contribution in [2.45, 2.75) is 13.7 Å². The molecule has 5 heteroatoms. The molecule has 0 atom stereocenters. The summed E-state index contributed by atoms with van der Waals surface area (Å²) < 4.78 is 17.6. The Morgan fingerprint density at radius 3 is 3.08 bits per heavy atom. The van der Waals surface area contributed by atoms with Crippen molar-refractivity contribution in [3.8, 4) is 0 Å². The molecule has 0 bridgehead atoms. The van der Waals surface area contributed by atoms with Crippen molar-refractivity contribution < 1.29 is 13.9 Å². The van der Waals surface area contributed by atoms with Gasteiger partial charge in [-0.1, -0.05) is 0 Å². The number of esters is 1. The predicted molar refractivity (Wildman–Crippen MR) is 39.3 cm³/mol. The van der Waals surface area contributed by atoms with Gasteiger partial charge in [0.2, 0.25) is 0 Å². The highest BCUT2D eigenvalue weighted by atomic mass is 19.1. The zero-order valence-corrected chi connectivity index (χ0v) is 6.66. The average Bonchev–Trinajstić information content (AvgIpc) is 2.52. The molecule has 0 unspecified atom stereocenters. The van der Waals surface area contributed by atoms with Gasteiger partial charge in [-0.3, -0.25) is 0 Å². The van der Waals surface area contributed by atoms with Gasteiger partial charge < -0.3 is 4.74 Å². The number of nitrogens with zero attached hydrogens (tertiary/aromatic N) is 2. The summed E-state index contributed by atoms with van der Waals surface area (Å²) in [5, 5.41) is 3.58. The van der Waals surface area contributed by atoms with E-state index in [1.54, 1.807) is 6.92 Å². The molecule has 4 nitrogen and oxygen atoms in total. The molecule has 12 heavy (non-hydrogen) atoms. The highest BCUT2D eigenvalue weighted by Crippen LogP contribution is 2.00. The van der Waals surface area contributed by atoms with Crippen LogP contribution in [0.15, 0.2) is 12.4 Å². The zero-order valence-electron chi connectivity index (χ0n) is 6.66. The van der Waals surface area contributed by atoms with Crippen molar-refractivity contribution in [1.29, 1.82) is 0 Å². The second-order valence-corrected chi connectivity index (χ2v) is 2.11. The van der Waals surface area contributed by atoms with Crippen LogP contribution in [-0.4, -0.2) is 22.4 Å². The first kappa shape index (κ1) is 8.70. The van der Waals surface area contributed by atoms with Crippen LogP contribution >= 0.6 is 0 Å². The van der Waals surface area contributed by atoms with Crippen molar-refractivity contribution in [3.63, 3.8) is 0 Å². The molecule has 1 heterocycles. The minimum atomic E-state index is -0.737. The highest BCUT2D eigenvalue weighted by Gasteiger charge is 2.08. The number of aromatic nitrogens is 2. The Balaban J connectivity index is 2.68. The molecule has 0 N–H and O–H groups in total. The molecule has 0 aliphatic carbocycles. The summed E-state index contributed by atoms with van der Waals surface area (Å²) >= 11 is 0. The fourth-order valence-corrected chi connectivity index (χ4v) is 0.749. The van der Waals surface area contributed by atoms with E-state index in [-0.39, 0.29) is 5.56 Å². The maximum absolute atomic E-state index is 11.9. The lowest BCUT2D eigenvalue weighted by Gasteiger charge is -1.95. The van der Waals surface area contributed by atoms with E-state index in [1.165, 1.54) is 12.4 Å². The molecule has 0 saturated carbocycles. The Bertz CT molecular complexity index is 272. The standard InChI is InChI=1S/C7H9FN2O2/c1-2-12-7(11)6-3-9-10(4-6)5-8/h3-4H,2,5H2,1H3. The van der Waals surface area contributed by atoms with E-state index < -0.39 is 12.8 Å². The highest BCUT2D eigenvalue weighted by molar-refractivity contribution is 5.88. The van der Waals surface area contributed by atoms with Gasteiger partial charge in [0.15, 0.2) is 6.80 Å². The number of carbonyl (C=O) groups is 1. The predicted octanol–water partition coefficient (Wildman–Crippen LogP) is 0.987. The van der Waals surface area contributed by atoms with Gasteiger partial charge in [0.1, 0.15) is 0 Å². The molecular weight excluding hydrogens is 163 g/mol. The average molecular weight is 172 g/mol. The molecule has 0 aromatic carbocycles. The Hall–Kier alpha value is -1.39. The van der Waals surface area contributed by atoms with E-state index in [4.69, 9.17) is 0 Å². The summed E-state index contributed by atoms with van der Waals surface area (Å²) in [5.74, 6) is -0.475. The van der Waals surface area contributed by atoms with E-state index >= 15 is 0 Å². The van der Waals surface area contributed by atoms with Gasteiger partial charge in [-0.05, 0) is 6.92 Å². The molecule has 0 aliphatic heterocycles. The van der Waals surface area contributed by atoms with Crippen LogP contribution in [0.1, 0.15) is 17.3 Å². The maximum atomic E-state index is 11.9. The van der Waals surface area contributed by atoms with Crippen molar-refractivity contribution in [1.82, 2.24) is 9.78 Å². The van der Waals surface area contributed by atoms with Crippen LogP contribution in [0.4, 0.5) is 4.39 Å². The van der Waals surface area contributed by atoms with Crippen LogP contribution in [0.2, 0.25) is 0 Å². The second kappa shape index (κ2) is 3.85. The van der Waals surface area contributed by atoms with Crippen LogP contribution in [0.3, 0.4) is 0 Å². The topological polar surface area (TPSA) is 44.1 Å². The largest absolute Gasteiger partial charge is 0.462 e. The number of carbonyl (C=O) groups excluding carboxylic acids is 1. The van der Waals surface area contributed by atoms with Crippen molar-refractivity contribution in [2.24, 2.45) is 0 Å². The first-order chi connectivity index (χ1) is 5.77. The molecule has 1 aromatic heterocycles.